The molecule has 1 unspecified atom stereocenters. The van der Waals surface area contributed by atoms with E-state index in [1.165, 1.54) is 17.8 Å². The van der Waals surface area contributed by atoms with Crippen LogP contribution in [0.2, 0.25) is 0 Å². The molecule has 0 amide bonds. The van der Waals surface area contributed by atoms with E-state index in [1.54, 1.807) is 23.7 Å². The van der Waals surface area contributed by atoms with Crippen molar-refractivity contribution in [3.63, 3.8) is 0 Å². The summed E-state index contributed by atoms with van der Waals surface area (Å²) in [4.78, 5) is 4.39. The number of para-hydroxylation sites is 1. The second-order valence-electron chi connectivity index (χ2n) is 5.89. The first-order valence-corrected chi connectivity index (χ1v) is 9.10. The lowest BCUT2D eigenvalue weighted by atomic mass is 10.1. The van der Waals surface area contributed by atoms with Gasteiger partial charge in [-0.25, -0.2) is 4.39 Å². The zero-order chi connectivity index (χ0) is 18.8. The van der Waals surface area contributed by atoms with E-state index in [4.69, 9.17) is 4.52 Å². The van der Waals surface area contributed by atoms with E-state index in [9.17, 15) is 4.39 Å². The van der Waals surface area contributed by atoms with Crippen LogP contribution in [0.4, 0.5) is 4.39 Å². The smallest absolute Gasteiger partial charge is 0.240 e. The second-order valence-corrected chi connectivity index (χ2v) is 7.20. The molecular weight excluding hydrogens is 367 g/mol. The van der Waals surface area contributed by atoms with E-state index in [2.05, 4.69) is 25.7 Å². The fourth-order valence-electron chi connectivity index (χ4n) is 2.44. The first kappa shape index (κ1) is 17.3. The lowest BCUT2D eigenvalue weighted by Gasteiger charge is -2.06. The number of thioether (sulfide) groups is 1. The van der Waals surface area contributed by atoms with Crippen molar-refractivity contribution in [3.05, 3.63) is 65.8 Å². The van der Waals surface area contributed by atoms with E-state index in [-0.39, 0.29) is 11.1 Å². The SMILES string of the molecule is Cc1ccc(-c2noc(C(C)Sc3nnnn3-c3ccccc3)n2)cc1F. The molecule has 27 heavy (non-hydrogen) atoms. The zero-order valence-electron chi connectivity index (χ0n) is 14.6. The maximum atomic E-state index is 13.8. The Morgan fingerprint density at radius 1 is 1.15 bits per heavy atom. The summed E-state index contributed by atoms with van der Waals surface area (Å²) < 4.78 is 20.8. The van der Waals surface area contributed by atoms with Crippen LogP contribution < -0.4 is 0 Å². The number of rotatable bonds is 5. The second kappa shape index (κ2) is 7.28. The van der Waals surface area contributed by atoms with Gasteiger partial charge in [0.25, 0.3) is 0 Å². The minimum Gasteiger partial charge on any atom is -0.338 e. The van der Waals surface area contributed by atoms with Gasteiger partial charge in [-0.2, -0.15) is 9.67 Å². The van der Waals surface area contributed by atoms with Crippen molar-refractivity contribution in [2.45, 2.75) is 24.3 Å². The molecule has 0 bridgehead atoms. The van der Waals surface area contributed by atoms with E-state index in [1.807, 2.05) is 37.3 Å². The molecule has 1 atom stereocenters. The summed E-state index contributed by atoms with van der Waals surface area (Å²) in [7, 11) is 0. The molecule has 0 aliphatic carbocycles. The van der Waals surface area contributed by atoms with Crippen molar-refractivity contribution in [1.82, 2.24) is 30.3 Å². The van der Waals surface area contributed by atoms with E-state index < -0.39 is 0 Å². The molecule has 4 rings (SSSR count). The van der Waals surface area contributed by atoms with Gasteiger partial charge >= 0.3 is 0 Å². The molecule has 9 heteroatoms. The molecule has 0 radical (unpaired) electrons. The Hall–Kier alpha value is -3.07. The van der Waals surface area contributed by atoms with Gasteiger partial charge in [0, 0.05) is 5.56 Å². The molecule has 0 aliphatic heterocycles. The average Bonchev–Trinajstić information content (AvgIpc) is 3.34. The van der Waals surface area contributed by atoms with Crippen LogP contribution >= 0.6 is 11.8 Å². The summed E-state index contributed by atoms with van der Waals surface area (Å²) in [6.45, 7) is 3.62. The summed E-state index contributed by atoms with van der Waals surface area (Å²) in [6, 6.07) is 14.5. The quantitative estimate of drug-likeness (QED) is 0.482. The summed E-state index contributed by atoms with van der Waals surface area (Å²) >= 11 is 1.40. The number of tetrazole rings is 1. The molecule has 2 heterocycles. The lowest BCUT2D eigenvalue weighted by molar-refractivity contribution is 0.380. The van der Waals surface area contributed by atoms with Gasteiger partial charge in [-0.15, -0.1) is 5.10 Å². The van der Waals surface area contributed by atoms with Gasteiger partial charge in [-0.05, 0) is 48.0 Å². The number of halogens is 1. The molecule has 0 aliphatic rings. The van der Waals surface area contributed by atoms with Gasteiger partial charge in [0.1, 0.15) is 5.82 Å². The van der Waals surface area contributed by atoms with Gasteiger partial charge < -0.3 is 4.52 Å². The van der Waals surface area contributed by atoms with Gasteiger partial charge in [0.2, 0.25) is 16.9 Å². The Morgan fingerprint density at radius 2 is 1.96 bits per heavy atom. The average molecular weight is 382 g/mol. The molecule has 0 spiro atoms. The monoisotopic (exact) mass is 382 g/mol. The number of aryl methyl sites for hydroxylation is 1. The molecular formula is C18H15FN6OS. The standard InChI is InChI=1S/C18H15FN6OS/c1-11-8-9-13(10-15(11)19)16-20-17(26-22-16)12(2)27-18-21-23-24-25(18)14-6-4-3-5-7-14/h3-10,12H,1-2H3. The molecule has 2 aromatic heterocycles. The summed E-state index contributed by atoms with van der Waals surface area (Å²) in [5, 5.41) is 16.2. The van der Waals surface area contributed by atoms with E-state index in [0.717, 1.165) is 5.69 Å². The highest BCUT2D eigenvalue weighted by Crippen LogP contribution is 2.34. The zero-order valence-corrected chi connectivity index (χ0v) is 15.4. The topological polar surface area (TPSA) is 82.5 Å². The number of nitrogens with zero attached hydrogens (tertiary/aromatic N) is 6. The van der Waals surface area contributed by atoms with Gasteiger partial charge in [-0.1, -0.05) is 47.3 Å². The van der Waals surface area contributed by atoms with Crippen LogP contribution in [0.5, 0.6) is 0 Å². The van der Waals surface area contributed by atoms with Crippen LogP contribution in [0.1, 0.15) is 23.6 Å². The number of aromatic nitrogens is 6. The van der Waals surface area contributed by atoms with Crippen molar-refractivity contribution >= 4 is 11.8 Å². The molecule has 0 saturated heterocycles. The molecule has 0 N–H and O–H groups in total. The first-order valence-electron chi connectivity index (χ1n) is 8.22. The van der Waals surface area contributed by atoms with Gasteiger partial charge in [-0.3, -0.25) is 0 Å². The number of hydrogen-bond donors (Lipinski definition) is 0. The minimum absolute atomic E-state index is 0.185. The maximum absolute atomic E-state index is 13.8. The van der Waals surface area contributed by atoms with Gasteiger partial charge in [0.15, 0.2) is 0 Å². The lowest BCUT2D eigenvalue weighted by Crippen LogP contribution is -2.00. The Labute approximate surface area is 158 Å². The van der Waals surface area contributed by atoms with E-state index >= 15 is 0 Å². The molecule has 136 valence electrons. The third-order valence-corrected chi connectivity index (χ3v) is 4.96. The summed E-state index contributed by atoms with van der Waals surface area (Å²) in [5.74, 6) is 0.459. The van der Waals surface area contributed by atoms with Crippen LogP contribution in [0.3, 0.4) is 0 Å². The largest absolute Gasteiger partial charge is 0.338 e. The van der Waals surface area contributed by atoms with Crippen molar-refractivity contribution in [3.8, 4) is 17.1 Å². The van der Waals surface area contributed by atoms with Crippen molar-refractivity contribution in [2.24, 2.45) is 0 Å². The Kier molecular flexibility index (Phi) is 4.68. The van der Waals surface area contributed by atoms with Crippen LogP contribution in [0.25, 0.3) is 17.1 Å². The highest BCUT2D eigenvalue weighted by molar-refractivity contribution is 7.99. The molecule has 0 fully saturated rings. The first-order chi connectivity index (χ1) is 13.1. The summed E-state index contributed by atoms with van der Waals surface area (Å²) in [6.07, 6.45) is 0. The predicted molar refractivity (Wildman–Crippen MR) is 97.9 cm³/mol. The number of benzene rings is 2. The normalized spacial score (nSPS) is 12.3. The maximum Gasteiger partial charge on any atom is 0.240 e. The Balaban J connectivity index is 1.55. The van der Waals surface area contributed by atoms with Gasteiger partial charge in [0.05, 0.1) is 10.9 Å². The molecule has 7 nitrogen and oxygen atoms in total. The van der Waals surface area contributed by atoms with Crippen LogP contribution in [-0.2, 0) is 0 Å². The third kappa shape index (κ3) is 3.59. The van der Waals surface area contributed by atoms with Crippen molar-refractivity contribution in [1.29, 1.82) is 0 Å². The van der Waals surface area contributed by atoms with Crippen LogP contribution in [0.15, 0.2) is 58.2 Å². The third-order valence-electron chi connectivity index (χ3n) is 3.94. The molecule has 0 saturated carbocycles. The van der Waals surface area contributed by atoms with Crippen LogP contribution in [-0.4, -0.2) is 30.3 Å². The van der Waals surface area contributed by atoms with E-state index in [0.29, 0.717) is 28.0 Å². The Bertz CT molecular complexity index is 1060. The predicted octanol–water partition coefficient (Wildman–Crippen LogP) is 4.01. The highest BCUT2D eigenvalue weighted by atomic mass is 32.2. The number of hydrogen-bond acceptors (Lipinski definition) is 7. The minimum atomic E-state index is -0.302. The Morgan fingerprint density at radius 3 is 2.74 bits per heavy atom. The fraction of sp³-hybridized carbons (Fsp3) is 0.167. The highest BCUT2D eigenvalue weighted by Gasteiger charge is 2.20. The van der Waals surface area contributed by atoms with Crippen molar-refractivity contribution in [2.75, 3.05) is 0 Å². The summed E-state index contributed by atoms with van der Waals surface area (Å²) in [5.41, 5.74) is 2.00. The van der Waals surface area contributed by atoms with Crippen LogP contribution in [0, 0.1) is 12.7 Å². The molecule has 2 aromatic carbocycles. The molecule has 4 aromatic rings. The fourth-order valence-corrected chi connectivity index (χ4v) is 3.28. The van der Waals surface area contributed by atoms with Crippen molar-refractivity contribution < 1.29 is 8.91 Å².